The molecule has 0 atom stereocenters. The second kappa shape index (κ2) is 7.11. The van der Waals surface area contributed by atoms with Crippen LogP contribution in [0.15, 0.2) is 24.3 Å². The van der Waals surface area contributed by atoms with Gasteiger partial charge in [-0.25, -0.2) is 0 Å². The second-order valence-corrected chi connectivity index (χ2v) is 6.87. The lowest BCUT2D eigenvalue weighted by molar-refractivity contribution is 0.416. The molecule has 21 heavy (non-hydrogen) atoms. The third-order valence-corrected chi connectivity index (χ3v) is 5.48. The molecule has 1 fully saturated rings. The number of piperidine rings is 1. The Bertz CT molecular complexity index is 584. The zero-order chi connectivity index (χ0) is 14.5. The fourth-order valence-electron chi connectivity index (χ4n) is 2.24. The Morgan fingerprint density at radius 1 is 1.29 bits per heavy atom. The number of nitrogens with one attached hydrogen (secondary N) is 2. The Hall–Kier alpha value is -1.31. The molecule has 5 nitrogen and oxygen atoms in total. The van der Waals surface area contributed by atoms with E-state index >= 15 is 0 Å². The minimum Gasteiger partial charge on any atom is -0.496 e. The molecule has 2 aromatic rings. The van der Waals surface area contributed by atoms with Gasteiger partial charge >= 0.3 is 0 Å². The van der Waals surface area contributed by atoms with E-state index in [0.29, 0.717) is 5.25 Å². The van der Waals surface area contributed by atoms with Crippen LogP contribution in [0, 0.1) is 0 Å². The lowest BCUT2D eigenvalue weighted by atomic mass is 10.2. The van der Waals surface area contributed by atoms with Crippen LogP contribution in [-0.2, 0) is 0 Å². The Morgan fingerprint density at radius 3 is 2.90 bits per heavy atom. The summed E-state index contributed by atoms with van der Waals surface area (Å²) in [4.78, 5) is 0. The predicted octanol–water partition coefficient (Wildman–Crippen LogP) is 3.03. The van der Waals surface area contributed by atoms with Crippen molar-refractivity contribution in [2.24, 2.45) is 0 Å². The van der Waals surface area contributed by atoms with Crippen molar-refractivity contribution in [2.45, 2.75) is 18.1 Å². The molecule has 1 aromatic carbocycles. The smallest absolute Gasteiger partial charge is 0.215 e. The van der Waals surface area contributed by atoms with Gasteiger partial charge in [-0.15, -0.1) is 10.2 Å². The molecule has 0 radical (unpaired) electrons. The first-order valence-corrected chi connectivity index (χ1v) is 8.65. The average Bonchev–Trinajstić information content (AvgIpc) is 3.02. The van der Waals surface area contributed by atoms with E-state index < -0.39 is 0 Å². The summed E-state index contributed by atoms with van der Waals surface area (Å²) >= 11 is 3.31. The molecular formula is C14H18N4OS2. The van der Waals surface area contributed by atoms with Gasteiger partial charge in [0.05, 0.1) is 12.7 Å². The molecule has 0 aliphatic carbocycles. The van der Waals surface area contributed by atoms with Crippen molar-refractivity contribution >= 4 is 28.4 Å². The summed E-state index contributed by atoms with van der Waals surface area (Å²) < 4.78 is 8.71. The summed E-state index contributed by atoms with van der Waals surface area (Å²) in [5, 5.41) is 14.2. The normalized spacial score (nSPS) is 15.9. The molecule has 112 valence electrons. The van der Waals surface area contributed by atoms with Gasteiger partial charge in [-0.1, -0.05) is 23.5 Å². The first-order valence-electron chi connectivity index (χ1n) is 6.96. The van der Waals surface area contributed by atoms with Gasteiger partial charge in [0, 0.05) is 5.25 Å². The number of benzene rings is 1. The molecule has 2 heterocycles. The molecule has 2 N–H and O–H groups in total. The molecule has 1 aromatic heterocycles. The van der Waals surface area contributed by atoms with Crippen molar-refractivity contribution in [3.05, 3.63) is 24.3 Å². The van der Waals surface area contributed by atoms with E-state index in [1.165, 1.54) is 12.8 Å². The van der Waals surface area contributed by atoms with Crippen LogP contribution in [0.25, 0.3) is 10.6 Å². The third-order valence-electron chi connectivity index (χ3n) is 3.36. The summed E-state index contributed by atoms with van der Waals surface area (Å²) in [5.41, 5.74) is 0.984. The van der Waals surface area contributed by atoms with Crippen LogP contribution in [0.2, 0.25) is 0 Å². The monoisotopic (exact) mass is 322 g/mol. The number of para-hydroxylation sites is 1. The molecule has 1 saturated heterocycles. The van der Waals surface area contributed by atoms with Crippen LogP contribution in [0.4, 0.5) is 5.13 Å². The molecule has 0 bridgehead atoms. The lowest BCUT2D eigenvalue weighted by Gasteiger charge is -2.21. The minimum atomic E-state index is 0.643. The molecule has 7 heteroatoms. The summed E-state index contributed by atoms with van der Waals surface area (Å²) in [6, 6.07) is 7.88. The van der Waals surface area contributed by atoms with Crippen molar-refractivity contribution in [1.82, 2.24) is 15.5 Å². The standard InChI is InChI=1S/C14H18N4OS2/c1-19-12-5-3-2-4-11(12)13-16-17-14(20-13)18-21-10-6-8-15-9-7-10/h2-5,10,15H,6-9H2,1H3,(H,17,18). The summed E-state index contributed by atoms with van der Waals surface area (Å²) in [7, 11) is 1.67. The Morgan fingerprint density at radius 2 is 2.10 bits per heavy atom. The van der Waals surface area contributed by atoms with Crippen molar-refractivity contribution in [3.8, 4) is 16.3 Å². The van der Waals surface area contributed by atoms with Crippen molar-refractivity contribution in [2.75, 3.05) is 24.9 Å². The van der Waals surface area contributed by atoms with Crippen LogP contribution < -0.4 is 14.8 Å². The third kappa shape index (κ3) is 3.66. The van der Waals surface area contributed by atoms with Gasteiger partial charge in [-0.05, 0) is 50.0 Å². The van der Waals surface area contributed by atoms with E-state index in [1.54, 1.807) is 30.4 Å². The molecule has 1 aliphatic heterocycles. The van der Waals surface area contributed by atoms with E-state index in [4.69, 9.17) is 4.74 Å². The maximum absolute atomic E-state index is 5.37. The van der Waals surface area contributed by atoms with Crippen molar-refractivity contribution in [3.63, 3.8) is 0 Å². The predicted molar refractivity (Wildman–Crippen MR) is 89.0 cm³/mol. The number of anilines is 1. The van der Waals surface area contributed by atoms with Crippen LogP contribution >= 0.6 is 23.3 Å². The van der Waals surface area contributed by atoms with Gasteiger partial charge in [0.2, 0.25) is 5.13 Å². The van der Waals surface area contributed by atoms with Gasteiger partial charge in [0.15, 0.2) is 5.01 Å². The number of methoxy groups -OCH3 is 1. The summed E-state index contributed by atoms with van der Waals surface area (Å²) in [5.74, 6) is 0.825. The van der Waals surface area contributed by atoms with Gasteiger partial charge in [-0.2, -0.15) is 0 Å². The zero-order valence-corrected chi connectivity index (χ0v) is 13.5. The topological polar surface area (TPSA) is 59.1 Å². The highest BCUT2D eigenvalue weighted by Gasteiger charge is 2.15. The Balaban J connectivity index is 1.65. The maximum Gasteiger partial charge on any atom is 0.215 e. The first kappa shape index (κ1) is 14.6. The van der Waals surface area contributed by atoms with Gasteiger partial charge < -0.3 is 14.8 Å². The zero-order valence-electron chi connectivity index (χ0n) is 11.8. The largest absolute Gasteiger partial charge is 0.496 e. The average molecular weight is 322 g/mol. The maximum atomic E-state index is 5.37. The van der Waals surface area contributed by atoms with Crippen LogP contribution in [0.3, 0.4) is 0 Å². The highest BCUT2D eigenvalue weighted by atomic mass is 32.2. The van der Waals surface area contributed by atoms with Crippen LogP contribution in [-0.4, -0.2) is 35.6 Å². The van der Waals surface area contributed by atoms with Gasteiger partial charge in [0.25, 0.3) is 0 Å². The van der Waals surface area contributed by atoms with Gasteiger partial charge in [-0.3, -0.25) is 0 Å². The van der Waals surface area contributed by atoms with E-state index in [2.05, 4.69) is 20.2 Å². The number of nitrogens with zero attached hydrogens (tertiary/aromatic N) is 2. The second-order valence-electron chi connectivity index (χ2n) is 4.78. The van der Waals surface area contributed by atoms with Crippen molar-refractivity contribution in [1.29, 1.82) is 0 Å². The van der Waals surface area contributed by atoms with E-state index in [9.17, 15) is 0 Å². The molecule has 3 rings (SSSR count). The highest BCUT2D eigenvalue weighted by Crippen LogP contribution is 2.34. The van der Waals surface area contributed by atoms with Crippen LogP contribution in [0.5, 0.6) is 5.75 Å². The summed E-state index contributed by atoms with van der Waals surface area (Å²) in [6.45, 7) is 2.20. The van der Waals surface area contributed by atoms with E-state index in [0.717, 1.165) is 34.5 Å². The quantitative estimate of drug-likeness (QED) is 0.825. The van der Waals surface area contributed by atoms with Crippen LogP contribution in [0.1, 0.15) is 12.8 Å². The Kier molecular flexibility index (Phi) is 4.95. The molecule has 0 amide bonds. The molecule has 0 spiro atoms. The fourth-order valence-corrected chi connectivity index (χ4v) is 3.96. The summed E-state index contributed by atoms with van der Waals surface area (Å²) in [6.07, 6.45) is 2.38. The highest BCUT2D eigenvalue weighted by molar-refractivity contribution is 8.01. The number of rotatable bonds is 5. The van der Waals surface area contributed by atoms with Crippen molar-refractivity contribution < 1.29 is 4.74 Å². The molecule has 0 unspecified atom stereocenters. The SMILES string of the molecule is COc1ccccc1-c1nnc(NSC2CCNCC2)s1. The molecule has 0 saturated carbocycles. The number of ether oxygens (including phenoxy) is 1. The first-order chi connectivity index (χ1) is 10.4. The molecular weight excluding hydrogens is 304 g/mol. The fraction of sp³-hybridized carbons (Fsp3) is 0.429. The minimum absolute atomic E-state index is 0.643. The molecule has 1 aliphatic rings. The lowest BCUT2D eigenvalue weighted by Crippen LogP contribution is -2.29. The number of hydrogen-bond acceptors (Lipinski definition) is 7. The van der Waals surface area contributed by atoms with E-state index in [1.807, 2.05) is 24.3 Å². The Labute approximate surface area is 132 Å². The number of aromatic nitrogens is 2. The van der Waals surface area contributed by atoms with E-state index in [-0.39, 0.29) is 0 Å². The number of hydrogen-bond donors (Lipinski definition) is 2. The van der Waals surface area contributed by atoms with Gasteiger partial charge in [0.1, 0.15) is 5.75 Å².